The van der Waals surface area contributed by atoms with Gasteiger partial charge in [0.15, 0.2) is 5.75 Å². The van der Waals surface area contributed by atoms with Crippen molar-refractivity contribution in [2.24, 2.45) is 0 Å². The Morgan fingerprint density at radius 1 is 1.23 bits per heavy atom. The quantitative estimate of drug-likeness (QED) is 0.592. The summed E-state index contributed by atoms with van der Waals surface area (Å²) in [5.74, 6) is 0.856. The van der Waals surface area contributed by atoms with E-state index in [1.807, 2.05) is 47.6 Å². The van der Waals surface area contributed by atoms with Crippen LogP contribution in [-0.2, 0) is 0 Å². The smallest absolute Gasteiger partial charge is 0.183 e. The van der Waals surface area contributed by atoms with Gasteiger partial charge in [-0.15, -0.1) is 5.17 Å². The van der Waals surface area contributed by atoms with Crippen molar-refractivity contribution in [2.45, 2.75) is 0 Å². The highest BCUT2D eigenvalue weighted by atomic mass is 16.7. The lowest BCUT2D eigenvalue weighted by Crippen LogP contribution is -2.33. The first-order valence-corrected chi connectivity index (χ1v) is 4.07. The van der Waals surface area contributed by atoms with E-state index >= 15 is 0 Å². The molecule has 0 aliphatic carbocycles. The van der Waals surface area contributed by atoms with Gasteiger partial charge in [-0.1, -0.05) is 12.1 Å². The van der Waals surface area contributed by atoms with Gasteiger partial charge in [-0.05, 0) is 24.3 Å². The largest absolute Gasteiger partial charge is 0.357 e. The Labute approximate surface area is 76.1 Å². The summed E-state index contributed by atoms with van der Waals surface area (Å²) in [5, 5.41) is 3.47. The number of benzene rings is 1. The molecule has 0 saturated carbocycles. The maximum absolute atomic E-state index is 5.50. The van der Waals surface area contributed by atoms with Gasteiger partial charge in [-0.3, -0.25) is 0 Å². The zero-order valence-electron chi connectivity index (χ0n) is 6.84. The summed E-state index contributed by atoms with van der Waals surface area (Å²) >= 11 is 0. The molecule has 0 atom stereocenters. The number of anilines is 1. The molecule has 0 N–H and O–H groups in total. The van der Waals surface area contributed by atoms with E-state index in [0.29, 0.717) is 0 Å². The van der Waals surface area contributed by atoms with Crippen molar-refractivity contribution in [1.29, 1.82) is 0 Å². The third kappa shape index (κ3) is 0.839. The number of allylic oxidation sites excluding steroid dienone is 2. The van der Waals surface area contributed by atoms with Crippen molar-refractivity contribution in [3.05, 3.63) is 48.8 Å². The molecule has 3 heteroatoms. The molecular weight excluding hydrogens is 164 g/mol. The van der Waals surface area contributed by atoms with Crippen molar-refractivity contribution < 1.29 is 4.84 Å². The number of rotatable bonds is 0. The van der Waals surface area contributed by atoms with Crippen LogP contribution in [-0.4, -0.2) is 5.17 Å². The molecule has 1 radical (unpaired) electrons. The van der Waals surface area contributed by atoms with E-state index in [1.165, 1.54) is 0 Å². The maximum atomic E-state index is 5.50. The van der Waals surface area contributed by atoms with Crippen molar-refractivity contribution in [3.63, 3.8) is 0 Å². The number of hydrazine groups is 1. The highest BCUT2D eigenvalue weighted by Gasteiger charge is 2.26. The molecule has 2 heterocycles. The Kier molecular flexibility index (Phi) is 1.16. The number of hydrogen-bond donors (Lipinski definition) is 0. The first-order chi connectivity index (χ1) is 6.45. The van der Waals surface area contributed by atoms with E-state index < -0.39 is 0 Å². The van der Waals surface area contributed by atoms with E-state index in [1.54, 1.807) is 5.17 Å². The molecule has 0 saturated heterocycles. The standard InChI is InChI=1S/C10H7N2O/c1-2-6-10-9(5-1)11-7-3-4-8-12(11)13-10/h1-6,8H. The molecule has 63 valence electrons. The first-order valence-electron chi connectivity index (χ1n) is 4.07. The fourth-order valence-electron chi connectivity index (χ4n) is 1.41. The number of nitrogens with zero attached hydrogens (tertiary/aromatic N) is 2. The number of fused-ring (bicyclic) bond motifs is 3. The van der Waals surface area contributed by atoms with Crippen LogP contribution in [0.25, 0.3) is 0 Å². The maximum Gasteiger partial charge on any atom is 0.183 e. The van der Waals surface area contributed by atoms with Crippen molar-refractivity contribution in [1.82, 2.24) is 5.17 Å². The van der Waals surface area contributed by atoms with Gasteiger partial charge in [-0.25, -0.2) is 5.01 Å². The molecule has 2 aliphatic rings. The van der Waals surface area contributed by atoms with Gasteiger partial charge in [0.1, 0.15) is 5.69 Å². The van der Waals surface area contributed by atoms with Crippen LogP contribution in [0.3, 0.4) is 0 Å². The van der Waals surface area contributed by atoms with E-state index in [4.69, 9.17) is 4.84 Å². The zero-order chi connectivity index (χ0) is 8.67. The van der Waals surface area contributed by atoms with Crippen LogP contribution in [0.15, 0.2) is 42.6 Å². The number of hydrogen-bond acceptors (Lipinski definition) is 3. The second-order valence-electron chi connectivity index (χ2n) is 2.81. The topological polar surface area (TPSA) is 15.7 Å². The average molecular weight is 171 g/mol. The fraction of sp³-hybridized carbons (Fsp3) is 0. The summed E-state index contributed by atoms with van der Waals surface area (Å²) in [4.78, 5) is 5.50. The Morgan fingerprint density at radius 2 is 2.15 bits per heavy atom. The Morgan fingerprint density at radius 3 is 3.15 bits per heavy atom. The van der Waals surface area contributed by atoms with Crippen molar-refractivity contribution in [2.75, 3.05) is 5.01 Å². The van der Waals surface area contributed by atoms with Crippen LogP contribution < -0.4 is 9.85 Å². The van der Waals surface area contributed by atoms with Gasteiger partial charge < -0.3 is 4.84 Å². The van der Waals surface area contributed by atoms with Gasteiger partial charge in [0.2, 0.25) is 0 Å². The van der Waals surface area contributed by atoms with Gasteiger partial charge in [0, 0.05) is 0 Å². The normalized spacial score (nSPS) is 16.9. The monoisotopic (exact) mass is 171 g/mol. The average Bonchev–Trinajstić information content (AvgIpc) is 2.56. The van der Waals surface area contributed by atoms with E-state index in [0.717, 1.165) is 11.4 Å². The lowest BCUT2D eigenvalue weighted by Gasteiger charge is -2.22. The Balaban J connectivity index is 2.12. The van der Waals surface area contributed by atoms with Crippen LogP contribution in [0.5, 0.6) is 5.75 Å². The third-order valence-electron chi connectivity index (χ3n) is 1.99. The second kappa shape index (κ2) is 2.29. The predicted octanol–water partition coefficient (Wildman–Crippen LogP) is 1.86. The molecule has 2 aliphatic heterocycles. The number of hydroxylamine groups is 1. The molecule has 1 aromatic rings. The highest BCUT2D eigenvalue weighted by Crippen LogP contribution is 2.36. The summed E-state index contributed by atoms with van der Waals surface area (Å²) in [6.45, 7) is 0. The van der Waals surface area contributed by atoms with Crippen LogP contribution in [0.1, 0.15) is 0 Å². The molecule has 3 rings (SSSR count). The van der Waals surface area contributed by atoms with Crippen LogP contribution in [0.2, 0.25) is 0 Å². The SMILES string of the molecule is [C]1=CC=CN2Oc3ccccc3N12. The zero-order valence-corrected chi connectivity index (χ0v) is 6.84. The molecule has 0 spiro atoms. The number of para-hydroxylation sites is 2. The molecule has 3 nitrogen and oxygen atoms in total. The summed E-state index contributed by atoms with van der Waals surface area (Å²) in [6.07, 6.45) is 8.63. The summed E-state index contributed by atoms with van der Waals surface area (Å²) in [5.41, 5.74) is 1.02. The third-order valence-corrected chi connectivity index (χ3v) is 1.99. The van der Waals surface area contributed by atoms with Crippen LogP contribution >= 0.6 is 0 Å². The van der Waals surface area contributed by atoms with Gasteiger partial charge in [0.05, 0.1) is 12.4 Å². The first kappa shape index (κ1) is 6.60. The minimum Gasteiger partial charge on any atom is -0.357 e. The molecular formula is C10H7N2O. The lowest BCUT2D eigenvalue weighted by molar-refractivity contribution is 0.0114. The van der Waals surface area contributed by atoms with Crippen molar-refractivity contribution >= 4 is 5.69 Å². The summed E-state index contributed by atoms with van der Waals surface area (Å²) in [7, 11) is 0. The van der Waals surface area contributed by atoms with E-state index in [9.17, 15) is 0 Å². The minimum atomic E-state index is 0.856. The van der Waals surface area contributed by atoms with Gasteiger partial charge in [0.25, 0.3) is 0 Å². The second-order valence-corrected chi connectivity index (χ2v) is 2.81. The van der Waals surface area contributed by atoms with E-state index in [2.05, 4.69) is 6.20 Å². The molecule has 0 fully saturated rings. The van der Waals surface area contributed by atoms with Gasteiger partial charge in [-0.2, -0.15) is 0 Å². The van der Waals surface area contributed by atoms with E-state index in [-0.39, 0.29) is 0 Å². The minimum absolute atomic E-state index is 0.856. The molecule has 1 aromatic carbocycles. The molecule has 0 bridgehead atoms. The molecule has 0 aromatic heterocycles. The Hall–Kier alpha value is -1.90. The lowest BCUT2D eigenvalue weighted by atomic mass is 10.3. The summed E-state index contributed by atoms with van der Waals surface area (Å²) in [6, 6.07) is 7.86. The van der Waals surface area contributed by atoms with Crippen LogP contribution in [0, 0.1) is 6.20 Å². The Bertz CT molecular complexity index is 398. The molecule has 0 unspecified atom stereocenters. The highest BCUT2D eigenvalue weighted by molar-refractivity contribution is 5.61. The molecule has 13 heavy (non-hydrogen) atoms. The van der Waals surface area contributed by atoms with Crippen molar-refractivity contribution in [3.8, 4) is 5.75 Å². The van der Waals surface area contributed by atoms with Crippen LogP contribution in [0.4, 0.5) is 5.69 Å². The van der Waals surface area contributed by atoms with Gasteiger partial charge >= 0.3 is 0 Å². The summed E-state index contributed by atoms with van der Waals surface area (Å²) < 4.78 is 0. The molecule has 0 amide bonds. The predicted molar refractivity (Wildman–Crippen MR) is 48.3 cm³/mol. The fourth-order valence-corrected chi connectivity index (χ4v) is 1.41.